The summed E-state index contributed by atoms with van der Waals surface area (Å²) in [5.74, 6) is 0. The van der Waals surface area contributed by atoms with E-state index in [1.54, 1.807) is 0 Å². The standard InChI is InChI=1S/C13H20N2O2/c1-13(2,11-7-4-3-5-8-11)15-12(17)14-9-6-10-16/h3-5,7-8,16H,6,9-10H2,1-2H3,(H2,14,15,17). The molecule has 0 aliphatic rings. The van der Waals surface area contributed by atoms with Crippen molar-refractivity contribution in [3.8, 4) is 0 Å². The molecule has 94 valence electrons. The number of aliphatic hydroxyl groups is 1. The minimum atomic E-state index is -0.412. The van der Waals surface area contributed by atoms with E-state index in [1.165, 1.54) is 0 Å². The fourth-order valence-electron chi connectivity index (χ4n) is 1.54. The molecule has 0 aromatic heterocycles. The Kier molecular flexibility index (Phi) is 4.97. The van der Waals surface area contributed by atoms with Crippen molar-refractivity contribution in [3.63, 3.8) is 0 Å². The maximum absolute atomic E-state index is 11.6. The van der Waals surface area contributed by atoms with Gasteiger partial charge in [0.25, 0.3) is 0 Å². The van der Waals surface area contributed by atoms with Gasteiger partial charge in [0.1, 0.15) is 0 Å². The molecule has 0 aliphatic heterocycles. The van der Waals surface area contributed by atoms with Crippen LogP contribution in [0, 0.1) is 0 Å². The number of hydrogen-bond donors (Lipinski definition) is 3. The molecule has 3 N–H and O–H groups in total. The molecule has 4 nitrogen and oxygen atoms in total. The van der Waals surface area contributed by atoms with E-state index in [1.807, 2.05) is 44.2 Å². The molecule has 0 saturated carbocycles. The Balaban J connectivity index is 2.52. The molecule has 0 radical (unpaired) electrons. The number of urea groups is 1. The van der Waals surface area contributed by atoms with E-state index < -0.39 is 5.54 Å². The molecule has 0 atom stereocenters. The first-order valence-electron chi connectivity index (χ1n) is 5.78. The molecule has 4 heteroatoms. The summed E-state index contributed by atoms with van der Waals surface area (Å²) in [6, 6.07) is 9.58. The third-order valence-corrected chi connectivity index (χ3v) is 2.54. The molecule has 1 aromatic carbocycles. The zero-order valence-electron chi connectivity index (χ0n) is 10.4. The monoisotopic (exact) mass is 236 g/mol. The van der Waals surface area contributed by atoms with Crippen LogP contribution >= 0.6 is 0 Å². The van der Waals surface area contributed by atoms with Crippen LogP contribution in [-0.4, -0.2) is 24.3 Å². The molecule has 1 aromatic rings. The van der Waals surface area contributed by atoms with E-state index in [2.05, 4.69) is 10.6 Å². The van der Waals surface area contributed by atoms with Gasteiger partial charge in [0, 0.05) is 13.2 Å². The summed E-state index contributed by atoms with van der Waals surface area (Å²) in [7, 11) is 0. The first-order valence-corrected chi connectivity index (χ1v) is 5.78. The van der Waals surface area contributed by atoms with Gasteiger partial charge in [-0.3, -0.25) is 0 Å². The molecule has 1 rings (SSSR count). The number of carbonyl (C=O) groups excluding carboxylic acids is 1. The van der Waals surface area contributed by atoms with Crippen molar-refractivity contribution in [2.24, 2.45) is 0 Å². The van der Waals surface area contributed by atoms with Gasteiger partial charge in [-0.1, -0.05) is 30.3 Å². The van der Waals surface area contributed by atoms with E-state index in [4.69, 9.17) is 5.11 Å². The Morgan fingerprint density at radius 2 is 1.94 bits per heavy atom. The largest absolute Gasteiger partial charge is 0.396 e. The maximum Gasteiger partial charge on any atom is 0.315 e. The van der Waals surface area contributed by atoms with E-state index in [9.17, 15) is 4.79 Å². The van der Waals surface area contributed by atoms with Gasteiger partial charge < -0.3 is 15.7 Å². The van der Waals surface area contributed by atoms with Crippen molar-refractivity contribution in [1.82, 2.24) is 10.6 Å². The predicted octanol–water partition coefficient (Wildman–Crippen LogP) is 1.60. The number of nitrogens with one attached hydrogen (secondary N) is 2. The van der Waals surface area contributed by atoms with E-state index in [0.29, 0.717) is 13.0 Å². The number of aliphatic hydroxyl groups excluding tert-OH is 1. The molecule has 0 fully saturated rings. The highest BCUT2D eigenvalue weighted by Gasteiger charge is 2.21. The van der Waals surface area contributed by atoms with Crippen LogP contribution in [0.2, 0.25) is 0 Å². The van der Waals surface area contributed by atoms with Gasteiger partial charge >= 0.3 is 6.03 Å². The summed E-state index contributed by atoms with van der Waals surface area (Å²) >= 11 is 0. The van der Waals surface area contributed by atoms with E-state index in [0.717, 1.165) is 5.56 Å². The molecule has 0 aliphatic carbocycles. The van der Waals surface area contributed by atoms with Gasteiger partial charge in [-0.2, -0.15) is 0 Å². The Hall–Kier alpha value is -1.55. The first-order chi connectivity index (χ1) is 8.06. The average Bonchev–Trinajstić information content (AvgIpc) is 2.30. The van der Waals surface area contributed by atoms with Crippen molar-refractivity contribution in [3.05, 3.63) is 35.9 Å². The topological polar surface area (TPSA) is 61.4 Å². The second kappa shape index (κ2) is 6.25. The molecule has 17 heavy (non-hydrogen) atoms. The van der Waals surface area contributed by atoms with E-state index >= 15 is 0 Å². The van der Waals surface area contributed by atoms with Gasteiger partial charge in [-0.15, -0.1) is 0 Å². The second-order valence-corrected chi connectivity index (χ2v) is 4.45. The van der Waals surface area contributed by atoms with Crippen LogP contribution < -0.4 is 10.6 Å². The minimum absolute atomic E-state index is 0.0857. The maximum atomic E-state index is 11.6. The van der Waals surface area contributed by atoms with Gasteiger partial charge in [-0.05, 0) is 25.8 Å². The van der Waals surface area contributed by atoms with Crippen LogP contribution in [0.4, 0.5) is 4.79 Å². The van der Waals surface area contributed by atoms with Gasteiger partial charge in [0.05, 0.1) is 5.54 Å². The number of amides is 2. The van der Waals surface area contributed by atoms with Crippen LogP contribution in [0.3, 0.4) is 0 Å². The van der Waals surface area contributed by atoms with Crippen LogP contribution in [0.15, 0.2) is 30.3 Å². The lowest BCUT2D eigenvalue weighted by molar-refractivity contribution is 0.227. The minimum Gasteiger partial charge on any atom is -0.396 e. The highest BCUT2D eigenvalue weighted by Crippen LogP contribution is 2.18. The number of carbonyl (C=O) groups is 1. The summed E-state index contributed by atoms with van der Waals surface area (Å²) in [4.78, 5) is 11.6. The molecule has 0 unspecified atom stereocenters. The van der Waals surface area contributed by atoms with Crippen molar-refractivity contribution < 1.29 is 9.90 Å². The summed E-state index contributed by atoms with van der Waals surface area (Å²) < 4.78 is 0. The molecule has 0 saturated heterocycles. The van der Waals surface area contributed by atoms with E-state index in [-0.39, 0.29) is 12.6 Å². The Bertz CT molecular complexity index is 350. The normalized spacial score (nSPS) is 11.0. The number of benzene rings is 1. The predicted molar refractivity (Wildman–Crippen MR) is 67.7 cm³/mol. The Morgan fingerprint density at radius 3 is 2.53 bits per heavy atom. The van der Waals surface area contributed by atoms with Crippen LogP contribution in [0.5, 0.6) is 0 Å². The highest BCUT2D eigenvalue weighted by molar-refractivity contribution is 5.74. The van der Waals surface area contributed by atoms with Crippen molar-refractivity contribution in [2.75, 3.05) is 13.2 Å². The molecule has 0 spiro atoms. The smallest absolute Gasteiger partial charge is 0.315 e. The lowest BCUT2D eigenvalue weighted by Crippen LogP contribution is -2.46. The molecule has 2 amide bonds. The second-order valence-electron chi connectivity index (χ2n) is 4.45. The molecule has 0 bridgehead atoms. The SMILES string of the molecule is CC(C)(NC(=O)NCCCO)c1ccccc1. The van der Waals surface area contributed by atoms with Gasteiger partial charge in [0.15, 0.2) is 0 Å². The quantitative estimate of drug-likeness (QED) is 0.680. The van der Waals surface area contributed by atoms with Crippen LogP contribution in [-0.2, 0) is 5.54 Å². The first kappa shape index (κ1) is 13.5. The third kappa shape index (κ3) is 4.44. The molecule has 0 heterocycles. The number of rotatable bonds is 5. The Morgan fingerprint density at radius 1 is 1.29 bits per heavy atom. The molecular weight excluding hydrogens is 216 g/mol. The van der Waals surface area contributed by atoms with Crippen molar-refractivity contribution in [1.29, 1.82) is 0 Å². The average molecular weight is 236 g/mol. The Labute approximate surface area is 102 Å². The zero-order valence-corrected chi connectivity index (χ0v) is 10.4. The van der Waals surface area contributed by atoms with Crippen molar-refractivity contribution >= 4 is 6.03 Å². The van der Waals surface area contributed by atoms with Gasteiger partial charge in [-0.25, -0.2) is 4.79 Å². The van der Waals surface area contributed by atoms with Crippen LogP contribution in [0.1, 0.15) is 25.8 Å². The summed E-state index contributed by atoms with van der Waals surface area (Å²) in [6.45, 7) is 4.47. The lowest BCUT2D eigenvalue weighted by atomic mass is 9.95. The zero-order chi connectivity index (χ0) is 12.7. The lowest BCUT2D eigenvalue weighted by Gasteiger charge is -2.27. The van der Waals surface area contributed by atoms with Gasteiger partial charge in [0.2, 0.25) is 0 Å². The fourth-order valence-corrected chi connectivity index (χ4v) is 1.54. The van der Waals surface area contributed by atoms with Crippen molar-refractivity contribution in [2.45, 2.75) is 25.8 Å². The third-order valence-electron chi connectivity index (χ3n) is 2.54. The fraction of sp³-hybridized carbons (Fsp3) is 0.462. The van der Waals surface area contributed by atoms with Crippen LogP contribution in [0.25, 0.3) is 0 Å². The molecular formula is C13H20N2O2. The number of hydrogen-bond acceptors (Lipinski definition) is 2. The summed E-state index contributed by atoms with van der Waals surface area (Å²) in [5.41, 5.74) is 0.641. The highest BCUT2D eigenvalue weighted by atomic mass is 16.3. The summed E-state index contributed by atoms with van der Waals surface area (Å²) in [5, 5.41) is 14.2. The summed E-state index contributed by atoms with van der Waals surface area (Å²) in [6.07, 6.45) is 0.569.